The third kappa shape index (κ3) is 4.23. The summed E-state index contributed by atoms with van der Waals surface area (Å²) in [5.74, 6) is 2.23. The number of ketones is 1. The number of benzene rings is 1. The number of carbonyl (C=O) groups excluding carboxylic acids is 1. The van der Waals surface area contributed by atoms with Gasteiger partial charge >= 0.3 is 0 Å². The van der Waals surface area contributed by atoms with E-state index in [4.69, 9.17) is 9.26 Å². The van der Waals surface area contributed by atoms with E-state index in [9.17, 15) is 4.79 Å². The Hall–Kier alpha value is -2.37. The van der Waals surface area contributed by atoms with E-state index in [1.807, 2.05) is 52.0 Å². The number of aromatic nitrogens is 2. The van der Waals surface area contributed by atoms with Gasteiger partial charge in [0.15, 0.2) is 5.78 Å². The molecule has 1 aromatic carbocycles. The average Bonchev–Trinajstić information content (AvgIpc) is 3.11. The maximum Gasteiger partial charge on any atom is 0.266 e. The van der Waals surface area contributed by atoms with Crippen LogP contribution in [0.1, 0.15) is 62.7 Å². The Labute approximate surface area is 154 Å². The summed E-state index contributed by atoms with van der Waals surface area (Å²) in [6.07, 6.45) is 1.89. The molecule has 0 N–H and O–H groups in total. The Morgan fingerprint density at radius 2 is 2.12 bits per heavy atom. The van der Waals surface area contributed by atoms with Crippen molar-refractivity contribution in [2.45, 2.75) is 52.6 Å². The largest absolute Gasteiger partial charge is 0.491 e. The second-order valence-corrected chi connectivity index (χ2v) is 7.43. The number of nitrogens with zero attached hydrogens (tertiary/aromatic N) is 3. The zero-order valence-electron chi connectivity index (χ0n) is 15.9. The molecular weight excluding hydrogens is 330 g/mol. The van der Waals surface area contributed by atoms with Gasteiger partial charge in [-0.2, -0.15) is 4.98 Å². The van der Waals surface area contributed by atoms with E-state index in [-0.39, 0.29) is 23.7 Å². The number of ether oxygens (including phenoxy) is 1. The molecular formula is C20H27N3O3. The monoisotopic (exact) mass is 357 g/mol. The van der Waals surface area contributed by atoms with Crippen LogP contribution in [0.3, 0.4) is 0 Å². The molecule has 1 fully saturated rings. The molecule has 26 heavy (non-hydrogen) atoms. The molecule has 0 bridgehead atoms. The first kappa shape index (κ1) is 18.4. The summed E-state index contributed by atoms with van der Waals surface area (Å²) in [5, 5.41) is 4.08. The summed E-state index contributed by atoms with van der Waals surface area (Å²) >= 11 is 0. The van der Waals surface area contributed by atoms with Gasteiger partial charge in [-0.1, -0.05) is 26.0 Å². The van der Waals surface area contributed by atoms with Gasteiger partial charge in [0.25, 0.3) is 5.95 Å². The molecule has 0 amide bonds. The summed E-state index contributed by atoms with van der Waals surface area (Å²) in [6.45, 7) is 9.45. The number of anilines is 1. The topological polar surface area (TPSA) is 68.5 Å². The van der Waals surface area contributed by atoms with Crippen LogP contribution in [-0.2, 0) is 0 Å². The SMILES string of the molecule is CC(C)Oc1cccc(C(=O)[C@H]2CCCN(c3noc(C(C)C)n3)C2)c1. The van der Waals surface area contributed by atoms with Gasteiger partial charge in [0, 0.05) is 30.5 Å². The van der Waals surface area contributed by atoms with E-state index < -0.39 is 0 Å². The van der Waals surface area contributed by atoms with Crippen LogP contribution in [0.4, 0.5) is 5.95 Å². The molecule has 0 spiro atoms. The molecule has 1 aliphatic heterocycles. The number of piperidine rings is 1. The minimum absolute atomic E-state index is 0.0703. The fraction of sp³-hybridized carbons (Fsp3) is 0.550. The Bertz CT molecular complexity index is 754. The predicted octanol–water partition coefficient (Wildman–Crippen LogP) is 4.08. The first-order valence-corrected chi connectivity index (χ1v) is 9.33. The van der Waals surface area contributed by atoms with Gasteiger partial charge in [-0.3, -0.25) is 4.79 Å². The van der Waals surface area contributed by atoms with Gasteiger partial charge in [-0.25, -0.2) is 0 Å². The second kappa shape index (κ2) is 7.89. The van der Waals surface area contributed by atoms with Crippen LogP contribution < -0.4 is 9.64 Å². The van der Waals surface area contributed by atoms with Crippen LogP contribution in [0.15, 0.2) is 28.8 Å². The summed E-state index contributed by atoms with van der Waals surface area (Å²) in [7, 11) is 0. The van der Waals surface area contributed by atoms with Crippen LogP contribution in [-0.4, -0.2) is 35.1 Å². The zero-order valence-corrected chi connectivity index (χ0v) is 15.9. The van der Waals surface area contributed by atoms with Crippen molar-refractivity contribution in [1.29, 1.82) is 0 Å². The lowest BCUT2D eigenvalue weighted by Gasteiger charge is -2.30. The van der Waals surface area contributed by atoms with Crippen molar-refractivity contribution in [3.8, 4) is 5.75 Å². The zero-order chi connectivity index (χ0) is 18.7. The molecule has 2 heterocycles. The standard InChI is InChI=1S/C20H27N3O3/c1-13(2)19-21-20(22-26-19)23-10-6-8-16(12-23)18(24)15-7-5-9-17(11-15)25-14(3)4/h5,7,9,11,13-14,16H,6,8,10,12H2,1-4H3/t16-/m0/s1. The van der Waals surface area contributed by atoms with Gasteiger partial charge in [-0.15, -0.1) is 0 Å². The highest BCUT2D eigenvalue weighted by Crippen LogP contribution is 2.26. The van der Waals surface area contributed by atoms with Crippen LogP contribution in [0.2, 0.25) is 0 Å². The van der Waals surface area contributed by atoms with Crippen molar-refractivity contribution in [2.24, 2.45) is 5.92 Å². The van der Waals surface area contributed by atoms with E-state index in [1.54, 1.807) is 0 Å². The third-order valence-corrected chi connectivity index (χ3v) is 4.49. The van der Waals surface area contributed by atoms with Crippen LogP contribution in [0.25, 0.3) is 0 Å². The minimum atomic E-state index is -0.0703. The van der Waals surface area contributed by atoms with Gasteiger partial charge < -0.3 is 14.2 Å². The van der Waals surface area contributed by atoms with E-state index in [0.717, 1.165) is 25.1 Å². The Kier molecular flexibility index (Phi) is 5.59. The number of hydrogen-bond donors (Lipinski definition) is 0. The fourth-order valence-electron chi connectivity index (χ4n) is 3.19. The smallest absolute Gasteiger partial charge is 0.266 e. The lowest BCUT2D eigenvalue weighted by atomic mass is 9.90. The first-order valence-electron chi connectivity index (χ1n) is 9.33. The maximum atomic E-state index is 13.0. The van der Waals surface area contributed by atoms with Crippen molar-refractivity contribution in [3.05, 3.63) is 35.7 Å². The number of rotatable bonds is 6. The van der Waals surface area contributed by atoms with E-state index in [0.29, 0.717) is 23.9 Å². The Balaban J connectivity index is 1.71. The lowest BCUT2D eigenvalue weighted by Crippen LogP contribution is -2.39. The molecule has 1 aromatic heterocycles. The van der Waals surface area contributed by atoms with E-state index in [1.165, 1.54) is 0 Å². The number of carbonyl (C=O) groups is 1. The number of hydrogen-bond acceptors (Lipinski definition) is 6. The normalized spacial score (nSPS) is 17.8. The third-order valence-electron chi connectivity index (χ3n) is 4.49. The summed E-state index contributed by atoms with van der Waals surface area (Å²) in [6, 6.07) is 7.46. The average molecular weight is 357 g/mol. The Morgan fingerprint density at radius 1 is 1.31 bits per heavy atom. The molecule has 0 aliphatic carbocycles. The second-order valence-electron chi connectivity index (χ2n) is 7.43. The molecule has 0 unspecified atom stereocenters. The molecule has 1 atom stereocenters. The fourth-order valence-corrected chi connectivity index (χ4v) is 3.19. The predicted molar refractivity (Wildman–Crippen MR) is 99.9 cm³/mol. The minimum Gasteiger partial charge on any atom is -0.491 e. The molecule has 2 aromatic rings. The van der Waals surface area contributed by atoms with Crippen molar-refractivity contribution < 1.29 is 14.1 Å². The van der Waals surface area contributed by atoms with Gasteiger partial charge in [0.2, 0.25) is 5.89 Å². The van der Waals surface area contributed by atoms with E-state index >= 15 is 0 Å². The highest BCUT2D eigenvalue weighted by Gasteiger charge is 2.29. The van der Waals surface area contributed by atoms with Crippen LogP contribution in [0, 0.1) is 5.92 Å². The Morgan fingerprint density at radius 3 is 2.81 bits per heavy atom. The highest BCUT2D eigenvalue weighted by molar-refractivity contribution is 5.98. The number of Topliss-reactive ketones (excluding diaryl/α,β-unsaturated/α-hetero) is 1. The van der Waals surface area contributed by atoms with Crippen molar-refractivity contribution in [3.63, 3.8) is 0 Å². The van der Waals surface area contributed by atoms with Crippen LogP contribution >= 0.6 is 0 Å². The highest BCUT2D eigenvalue weighted by atomic mass is 16.5. The summed E-state index contributed by atoms with van der Waals surface area (Å²) in [4.78, 5) is 19.5. The summed E-state index contributed by atoms with van der Waals surface area (Å²) in [5.41, 5.74) is 0.700. The van der Waals surface area contributed by atoms with Crippen molar-refractivity contribution in [1.82, 2.24) is 10.1 Å². The van der Waals surface area contributed by atoms with Crippen LogP contribution in [0.5, 0.6) is 5.75 Å². The summed E-state index contributed by atoms with van der Waals surface area (Å²) < 4.78 is 11.0. The lowest BCUT2D eigenvalue weighted by molar-refractivity contribution is 0.0906. The maximum absolute atomic E-state index is 13.0. The molecule has 1 aliphatic rings. The molecule has 6 heteroatoms. The molecule has 1 saturated heterocycles. The molecule has 3 rings (SSSR count). The molecule has 140 valence electrons. The van der Waals surface area contributed by atoms with Gasteiger partial charge in [0.05, 0.1) is 6.10 Å². The van der Waals surface area contributed by atoms with Gasteiger partial charge in [-0.05, 0) is 44.0 Å². The molecule has 6 nitrogen and oxygen atoms in total. The molecule has 0 radical (unpaired) electrons. The van der Waals surface area contributed by atoms with Gasteiger partial charge in [0.1, 0.15) is 5.75 Å². The van der Waals surface area contributed by atoms with Crippen molar-refractivity contribution in [2.75, 3.05) is 18.0 Å². The quantitative estimate of drug-likeness (QED) is 0.726. The first-order chi connectivity index (χ1) is 12.4. The van der Waals surface area contributed by atoms with Crippen molar-refractivity contribution >= 4 is 11.7 Å². The van der Waals surface area contributed by atoms with E-state index in [2.05, 4.69) is 15.0 Å². The molecule has 0 saturated carbocycles.